The lowest BCUT2D eigenvalue weighted by Crippen LogP contribution is -2.44. The van der Waals surface area contributed by atoms with Crippen molar-refractivity contribution >= 4 is 5.91 Å². The number of hydrogen-bond acceptors (Lipinski definition) is 4. The third-order valence-corrected chi connectivity index (χ3v) is 4.91. The standard InChI is InChI=1S/C18H23N3O2/c1-23-17-7-5-13-9-15(6-4-14(13)10-17)20-12-18(22)21-8-2-3-16(21)11-19/h5,7,10,15-16,20H,2-4,6,8-9,12H2,1H3/t15-,16+/m1/s1. The summed E-state index contributed by atoms with van der Waals surface area (Å²) in [5.41, 5.74) is 2.68. The first-order valence-electron chi connectivity index (χ1n) is 8.29. The molecule has 0 unspecified atom stereocenters. The summed E-state index contributed by atoms with van der Waals surface area (Å²) in [5.74, 6) is 0.955. The van der Waals surface area contributed by atoms with E-state index >= 15 is 0 Å². The predicted molar refractivity (Wildman–Crippen MR) is 87.2 cm³/mol. The molecule has 1 amide bonds. The zero-order valence-electron chi connectivity index (χ0n) is 13.5. The number of methoxy groups -OCH3 is 1. The molecule has 0 aromatic heterocycles. The number of aryl methyl sites for hydroxylation is 1. The van der Waals surface area contributed by atoms with Gasteiger partial charge in [-0.15, -0.1) is 0 Å². The summed E-state index contributed by atoms with van der Waals surface area (Å²) in [4.78, 5) is 14.0. The SMILES string of the molecule is COc1ccc2c(c1)CC[C@@H](NCC(=O)N1CCC[C@H]1C#N)C2. The fourth-order valence-corrected chi connectivity index (χ4v) is 3.57. The van der Waals surface area contributed by atoms with Gasteiger partial charge in [0.05, 0.1) is 19.7 Å². The van der Waals surface area contributed by atoms with Crippen LogP contribution >= 0.6 is 0 Å². The number of hydrogen-bond donors (Lipinski definition) is 1. The smallest absolute Gasteiger partial charge is 0.237 e. The van der Waals surface area contributed by atoms with Crippen molar-refractivity contribution in [3.63, 3.8) is 0 Å². The van der Waals surface area contributed by atoms with Crippen LogP contribution < -0.4 is 10.1 Å². The Hall–Kier alpha value is -2.06. The maximum Gasteiger partial charge on any atom is 0.237 e. The van der Waals surface area contributed by atoms with E-state index in [-0.39, 0.29) is 11.9 Å². The number of nitriles is 1. The first-order chi connectivity index (χ1) is 11.2. The molecule has 0 radical (unpaired) electrons. The molecule has 5 nitrogen and oxygen atoms in total. The highest BCUT2D eigenvalue weighted by molar-refractivity contribution is 5.79. The van der Waals surface area contributed by atoms with E-state index in [1.807, 2.05) is 6.07 Å². The topological polar surface area (TPSA) is 65.4 Å². The van der Waals surface area contributed by atoms with Crippen LogP contribution in [0.15, 0.2) is 18.2 Å². The molecule has 0 saturated carbocycles. The van der Waals surface area contributed by atoms with Crippen molar-refractivity contribution in [1.82, 2.24) is 10.2 Å². The molecular weight excluding hydrogens is 290 g/mol. The van der Waals surface area contributed by atoms with Crippen LogP contribution in [-0.2, 0) is 17.6 Å². The number of rotatable bonds is 4. The lowest BCUT2D eigenvalue weighted by atomic mass is 9.88. The minimum Gasteiger partial charge on any atom is -0.497 e. The molecule has 0 bridgehead atoms. The average Bonchev–Trinajstić information content (AvgIpc) is 3.07. The van der Waals surface area contributed by atoms with Crippen molar-refractivity contribution in [1.29, 1.82) is 5.26 Å². The van der Waals surface area contributed by atoms with Gasteiger partial charge in [0.25, 0.3) is 0 Å². The van der Waals surface area contributed by atoms with Gasteiger partial charge in [-0.2, -0.15) is 5.26 Å². The molecule has 3 rings (SSSR count). The van der Waals surface area contributed by atoms with Crippen molar-refractivity contribution in [3.05, 3.63) is 29.3 Å². The maximum absolute atomic E-state index is 12.3. The molecule has 1 heterocycles. The van der Waals surface area contributed by atoms with Gasteiger partial charge in [-0.3, -0.25) is 4.79 Å². The van der Waals surface area contributed by atoms with E-state index in [0.29, 0.717) is 19.1 Å². The van der Waals surface area contributed by atoms with Crippen molar-refractivity contribution in [2.24, 2.45) is 0 Å². The summed E-state index contributed by atoms with van der Waals surface area (Å²) in [6.07, 6.45) is 4.70. The van der Waals surface area contributed by atoms with Crippen molar-refractivity contribution < 1.29 is 9.53 Å². The average molecular weight is 313 g/mol. The highest BCUT2D eigenvalue weighted by atomic mass is 16.5. The van der Waals surface area contributed by atoms with Crippen LogP contribution in [0.4, 0.5) is 0 Å². The fourth-order valence-electron chi connectivity index (χ4n) is 3.57. The molecule has 23 heavy (non-hydrogen) atoms. The van der Waals surface area contributed by atoms with Gasteiger partial charge in [0.1, 0.15) is 11.8 Å². The normalized spacial score (nSPS) is 23.2. The number of ether oxygens (including phenoxy) is 1. The highest BCUT2D eigenvalue weighted by Crippen LogP contribution is 2.25. The van der Waals surface area contributed by atoms with Crippen LogP contribution in [0.2, 0.25) is 0 Å². The molecule has 1 fully saturated rings. The van der Waals surface area contributed by atoms with Gasteiger partial charge in [-0.1, -0.05) is 6.07 Å². The van der Waals surface area contributed by atoms with E-state index in [1.54, 1.807) is 12.0 Å². The van der Waals surface area contributed by atoms with Crippen LogP contribution in [-0.4, -0.2) is 43.1 Å². The molecule has 5 heteroatoms. The minimum atomic E-state index is -0.233. The quantitative estimate of drug-likeness (QED) is 0.918. The molecule has 1 aromatic rings. The van der Waals surface area contributed by atoms with E-state index in [4.69, 9.17) is 10.00 Å². The first kappa shape index (κ1) is 15.8. The van der Waals surface area contributed by atoms with Gasteiger partial charge < -0.3 is 15.0 Å². The number of amides is 1. The zero-order chi connectivity index (χ0) is 16.2. The Morgan fingerprint density at radius 2 is 2.30 bits per heavy atom. The maximum atomic E-state index is 12.3. The van der Waals surface area contributed by atoms with Crippen LogP contribution in [0.25, 0.3) is 0 Å². The third-order valence-electron chi connectivity index (χ3n) is 4.91. The number of nitrogens with one attached hydrogen (secondary N) is 1. The van der Waals surface area contributed by atoms with Gasteiger partial charge in [-0.05, 0) is 55.4 Å². The summed E-state index contributed by atoms with van der Waals surface area (Å²) in [5, 5.41) is 12.5. The number of carbonyl (C=O) groups is 1. The van der Waals surface area contributed by atoms with E-state index in [0.717, 1.165) is 37.9 Å². The van der Waals surface area contributed by atoms with E-state index < -0.39 is 0 Å². The number of fused-ring (bicyclic) bond motifs is 1. The number of carbonyl (C=O) groups excluding carboxylic acids is 1. The largest absolute Gasteiger partial charge is 0.497 e. The Morgan fingerprint density at radius 1 is 1.43 bits per heavy atom. The van der Waals surface area contributed by atoms with Crippen molar-refractivity contribution in [2.75, 3.05) is 20.2 Å². The molecule has 2 atom stereocenters. The summed E-state index contributed by atoms with van der Waals surface area (Å²) in [6.45, 7) is 1.04. The summed E-state index contributed by atoms with van der Waals surface area (Å²) in [7, 11) is 1.69. The van der Waals surface area contributed by atoms with E-state index in [2.05, 4.69) is 23.5 Å². The monoisotopic (exact) mass is 313 g/mol. The van der Waals surface area contributed by atoms with Crippen LogP contribution in [0.5, 0.6) is 5.75 Å². The molecule has 122 valence electrons. The predicted octanol–water partition coefficient (Wildman–Crippen LogP) is 1.66. The van der Waals surface area contributed by atoms with Crippen molar-refractivity contribution in [2.45, 2.75) is 44.2 Å². The van der Waals surface area contributed by atoms with E-state index in [1.165, 1.54) is 11.1 Å². The Bertz CT molecular complexity index is 623. The fraction of sp³-hybridized carbons (Fsp3) is 0.556. The molecule has 1 aliphatic carbocycles. The van der Waals surface area contributed by atoms with Crippen molar-refractivity contribution in [3.8, 4) is 11.8 Å². The lowest BCUT2D eigenvalue weighted by Gasteiger charge is -2.27. The Kier molecular flexibility index (Phi) is 4.82. The summed E-state index contributed by atoms with van der Waals surface area (Å²) >= 11 is 0. The third kappa shape index (κ3) is 3.48. The highest BCUT2D eigenvalue weighted by Gasteiger charge is 2.28. The Balaban J connectivity index is 1.54. The van der Waals surface area contributed by atoms with Gasteiger partial charge in [-0.25, -0.2) is 0 Å². The molecule has 1 aromatic carbocycles. The second-order valence-corrected chi connectivity index (χ2v) is 6.33. The molecule has 1 aliphatic heterocycles. The molecule has 0 spiro atoms. The van der Waals surface area contributed by atoms with Gasteiger partial charge in [0.15, 0.2) is 0 Å². The second-order valence-electron chi connectivity index (χ2n) is 6.33. The number of nitrogens with zero attached hydrogens (tertiary/aromatic N) is 2. The van der Waals surface area contributed by atoms with E-state index in [9.17, 15) is 4.79 Å². The zero-order valence-corrected chi connectivity index (χ0v) is 13.5. The minimum absolute atomic E-state index is 0.0505. The first-order valence-corrected chi connectivity index (χ1v) is 8.29. The van der Waals surface area contributed by atoms with Gasteiger partial charge in [0, 0.05) is 12.6 Å². The molecule has 2 aliphatic rings. The van der Waals surface area contributed by atoms with Crippen LogP contribution in [0.1, 0.15) is 30.4 Å². The van der Waals surface area contributed by atoms with Gasteiger partial charge >= 0.3 is 0 Å². The summed E-state index contributed by atoms with van der Waals surface area (Å²) < 4.78 is 5.27. The Morgan fingerprint density at radius 3 is 3.09 bits per heavy atom. The van der Waals surface area contributed by atoms with Crippen LogP contribution in [0, 0.1) is 11.3 Å². The lowest BCUT2D eigenvalue weighted by molar-refractivity contribution is -0.130. The molecule has 1 N–H and O–H groups in total. The molecular formula is C18H23N3O2. The number of benzene rings is 1. The Labute approximate surface area is 137 Å². The number of likely N-dealkylation sites (tertiary alicyclic amines) is 1. The van der Waals surface area contributed by atoms with Gasteiger partial charge in [0.2, 0.25) is 5.91 Å². The summed E-state index contributed by atoms with van der Waals surface area (Å²) in [6, 6.07) is 8.54. The second kappa shape index (κ2) is 7.01. The molecule has 1 saturated heterocycles. The van der Waals surface area contributed by atoms with Crippen LogP contribution in [0.3, 0.4) is 0 Å².